The molecular weight excluding hydrogens is 366 g/mol. The maximum Gasteiger partial charge on any atom is 0.410 e. The topological polar surface area (TPSA) is 70.6 Å². The highest BCUT2D eigenvalue weighted by Crippen LogP contribution is 2.32. The van der Waals surface area contributed by atoms with Crippen molar-refractivity contribution in [2.75, 3.05) is 30.4 Å². The molecule has 1 amide bonds. The maximum absolute atomic E-state index is 12.6. The van der Waals surface area contributed by atoms with Crippen molar-refractivity contribution in [1.29, 1.82) is 0 Å². The van der Waals surface area contributed by atoms with Crippen LogP contribution in [0, 0.1) is 0 Å². The third-order valence-electron chi connectivity index (χ3n) is 5.40. The second-order valence-electron chi connectivity index (χ2n) is 9.14. The summed E-state index contributed by atoms with van der Waals surface area (Å²) >= 11 is 0. The number of rotatable bonds is 4. The SMILES string of the molecule is CN(c1nc2ccccc2nc1NC1CC1)C1CCCN(C(=O)OC(C)(C)C)C1. The van der Waals surface area contributed by atoms with Gasteiger partial charge in [-0.15, -0.1) is 0 Å². The number of hydrogen-bond acceptors (Lipinski definition) is 6. The smallest absolute Gasteiger partial charge is 0.410 e. The third kappa shape index (κ3) is 4.71. The summed E-state index contributed by atoms with van der Waals surface area (Å²) in [6.07, 6.45) is 4.06. The van der Waals surface area contributed by atoms with E-state index in [-0.39, 0.29) is 12.1 Å². The number of carbonyl (C=O) groups excluding carboxylic acids is 1. The van der Waals surface area contributed by atoms with Gasteiger partial charge in [0.15, 0.2) is 11.6 Å². The quantitative estimate of drug-likeness (QED) is 0.840. The van der Waals surface area contributed by atoms with Gasteiger partial charge in [0, 0.05) is 32.2 Å². The van der Waals surface area contributed by atoms with Gasteiger partial charge in [-0.3, -0.25) is 0 Å². The number of nitrogens with one attached hydrogen (secondary N) is 1. The first-order valence-electron chi connectivity index (χ1n) is 10.5. The summed E-state index contributed by atoms with van der Waals surface area (Å²) in [5.74, 6) is 1.69. The van der Waals surface area contributed by atoms with Crippen LogP contribution in [0.3, 0.4) is 0 Å². The molecule has 7 nitrogen and oxygen atoms in total. The fraction of sp³-hybridized carbons (Fsp3) is 0.591. The van der Waals surface area contributed by atoms with E-state index in [9.17, 15) is 4.79 Å². The van der Waals surface area contributed by atoms with Crippen molar-refractivity contribution in [3.05, 3.63) is 24.3 Å². The van der Waals surface area contributed by atoms with Gasteiger partial charge in [-0.2, -0.15) is 0 Å². The van der Waals surface area contributed by atoms with E-state index >= 15 is 0 Å². The molecule has 2 heterocycles. The molecular formula is C22H31N5O2. The summed E-state index contributed by atoms with van der Waals surface area (Å²) in [6, 6.07) is 8.62. The number of piperidine rings is 1. The van der Waals surface area contributed by atoms with Crippen LogP contribution in [0.2, 0.25) is 0 Å². The Morgan fingerprint density at radius 3 is 2.52 bits per heavy atom. The number of carbonyl (C=O) groups is 1. The molecule has 1 aliphatic carbocycles. The molecule has 0 radical (unpaired) electrons. The largest absolute Gasteiger partial charge is 0.444 e. The van der Waals surface area contributed by atoms with Gasteiger partial charge in [0.2, 0.25) is 0 Å². The molecule has 0 bridgehead atoms. The molecule has 2 aliphatic rings. The van der Waals surface area contributed by atoms with E-state index in [0.717, 1.165) is 42.1 Å². The second-order valence-corrected chi connectivity index (χ2v) is 9.14. The number of ether oxygens (including phenoxy) is 1. The van der Waals surface area contributed by atoms with Gasteiger partial charge in [-0.1, -0.05) is 12.1 Å². The first kappa shape index (κ1) is 19.7. The van der Waals surface area contributed by atoms with E-state index < -0.39 is 5.60 Å². The van der Waals surface area contributed by atoms with E-state index in [1.165, 1.54) is 12.8 Å². The average Bonchev–Trinajstić information content (AvgIpc) is 3.50. The van der Waals surface area contributed by atoms with Gasteiger partial charge in [0.1, 0.15) is 5.60 Å². The number of aromatic nitrogens is 2. The first-order chi connectivity index (χ1) is 13.8. The van der Waals surface area contributed by atoms with E-state index in [2.05, 4.69) is 17.3 Å². The molecule has 1 aromatic carbocycles. The molecule has 2 fully saturated rings. The molecule has 7 heteroatoms. The van der Waals surface area contributed by atoms with E-state index in [0.29, 0.717) is 12.6 Å². The van der Waals surface area contributed by atoms with Gasteiger partial charge >= 0.3 is 6.09 Å². The molecule has 1 aromatic heterocycles. The molecule has 156 valence electrons. The molecule has 0 spiro atoms. The lowest BCUT2D eigenvalue weighted by molar-refractivity contribution is 0.0199. The molecule has 1 saturated carbocycles. The fourth-order valence-corrected chi connectivity index (χ4v) is 3.69. The minimum atomic E-state index is -0.485. The Kier molecular flexibility index (Phi) is 5.23. The van der Waals surface area contributed by atoms with Crippen LogP contribution in [0.5, 0.6) is 0 Å². The number of likely N-dealkylation sites (N-methyl/N-ethyl adjacent to an activating group) is 1. The van der Waals surface area contributed by atoms with Crippen molar-refractivity contribution in [2.24, 2.45) is 0 Å². The average molecular weight is 398 g/mol. The number of amides is 1. The van der Waals surface area contributed by atoms with Crippen LogP contribution in [0.25, 0.3) is 11.0 Å². The van der Waals surface area contributed by atoms with E-state index in [4.69, 9.17) is 14.7 Å². The lowest BCUT2D eigenvalue weighted by Gasteiger charge is -2.39. The molecule has 29 heavy (non-hydrogen) atoms. The normalized spacial score (nSPS) is 19.9. The summed E-state index contributed by atoms with van der Waals surface area (Å²) in [5.41, 5.74) is 1.29. The predicted molar refractivity (Wildman–Crippen MR) is 115 cm³/mol. The van der Waals surface area contributed by atoms with Gasteiger partial charge < -0.3 is 19.9 Å². The summed E-state index contributed by atoms with van der Waals surface area (Å²) in [6.45, 7) is 7.06. The van der Waals surface area contributed by atoms with Crippen molar-refractivity contribution in [3.8, 4) is 0 Å². The number of likely N-dealkylation sites (tertiary alicyclic amines) is 1. The lowest BCUT2D eigenvalue weighted by atomic mass is 10.0. The van der Waals surface area contributed by atoms with Crippen molar-refractivity contribution in [2.45, 2.75) is 64.1 Å². The van der Waals surface area contributed by atoms with E-state index in [1.54, 1.807) is 0 Å². The Morgan fingerprint density at radius 2 is 1.86 bits per heavy atom. The number of nitrogens with zero attached hydrogens (tertiary/aromatic N) is 4. The van der Waals surface area contributed by atoms with E-state index in [1.807, 2.05) is 49.9 Å². The van der Waals surface area contributed by atoms with Crippen LogP contribution in [0.15, 0.2) is 24.3 Å². The Labute approximate surface area is 172 Å². The third-order valence-corrected chi connectivity index (χ3v) is 5.40. The monoisotopic (exact) mass is 397 g/mol. The second kappa shape index (κ2) is 7.69. The Hall–Kier alpha value is -2.57. The number of hydrogen-bond donors (Lipinski definition) is 1. The van der Waals surface area contributed by atoms with Gasteiger partial charge in [-0.05, 0) is 58.6 Å². The van der Waals surface area contributed by atoms with Gasteiger partial charge in [0.25, 0.3) is 0 Å². The van der Waals surface area contributed by atoms with Crippen LogP contribution in [0.1, 0.15) is 46.5 Å². The number of para-hydroxylation sites is 2. The standard InChI is InChI=1S/C22H31N5O2/c1-22(2,3)29-21(28)27-13-7-8-16(14-27)26(4)20-19(23-15-11-12-15)24-17-9-5-6-10-18(17)25-20/h5-6,9-10,15-16H,7-8,11-14H2,1-4H3,(H,23,24). The molecule has 2 aromatic rings. The number of fused-ring (bicyclic) bond motifs is 1. The van der Waals surface area contributed by atoms with Crippen LogP contribution >= 0.6 is 0 Å². The van der Waals surface area contributed by atoms with Crippen LogP contribution in [-0.2, 0) is 4.74 Å². The van der Waals surface area contributed by atoms with Gasteiger partial charge in [0.05, 0.1) is 11.0 Å². The molecule has 1 aliphatic heterocycles. The van der Waals surface area contributed by atoms with Gasteiger partial charge in [-0.25, -0.2) is 14.8 Å². The molecule has 1 unspecified atom stereocenters. The summed E-state index contributed by atoms with van der Waals surface area (Å²) in [4.78, 5) is 26.3. The number of benzene rings is 1. The maximum atomic E-state index is 12.6. The van der Waals surface area contributed by atoms with Crippen molar-refractivity contribution in [3.63, 3.8) is 0 Å². The zero-order valence-corrected chi connectivity index (χ0v) is 17.8. The minimum Gasteiger partial charge on any atom is -0.444 e. The van der Waals surface area contributed by atoms with Crippen LogP contribution in [0.4, 0.5) is 16.4 Å². The fourth-order valence-electron chi connectivity index (χ4n) is 3.69. The lowest BCUT2D eigenvalue weighted by Crippen LogP contribution is -2.50. The first-order valence-corrected chi connectivity index (χ1v) is 10.5. The highest BCUT2D eigenvalue weighted by molar-refractivity contribution is 5.80. The predicted octanol–water partition coefficient (Wildman–Crippen LogP) is 4.04. The molecule has 4 rings (SSSR count). The van der Waals surface area contributed by atoms with Crippen LogP contribution in [-0.4, -0.2) is 58.8 Å². The molecule has 1 atom stereocenters. The summed E-state index contributed by atoms with van der Waals surface area (Å²) in [5, 5.41) is 3.54. The Bertz CT molecular complexity index is 890. The van der Waals surface area contributed by atoms with Crippen LogP contribution < -0.4 is 10.2 Å². The Balaban J connectivity index is 1.57. The highest BCUT2D eigenvalue weighted by Gasteiger charge is 2.32. The van der Waals surface area contributed by atoms with Crippen molar-refractivity contribution in [1.82, 2.24) is 14.9 Å². The zero-order valence-electron chi connectivity index (χ0n) is 17.8. The summed E-state index contributed by atoms with van der Waals surface area (Å²) in [7, 11) is 2.06. The molecule has 1 N–H and O–H groups in total. The highest BCUT2D eigenvalue weighted by atomic mass is 16.6. The summed E-state index contributed by atoms with van der Waals surface area (Å²) < 4.78 is 5.58. The number of anilines is 2. The van der Waals surface area contributed by atoms with Crippen molar-refractivity contribution < 1.29 is 9.53 Å². The Morgan fingerprint density at radius 1 is 1.17 bits per heavy atom. The zero-order chi connectivity index (χ0) is 20.6. The molecule has 1 saturated heterocycles. The van der Waals surface area contributed by atoms with Crippen molar-refractivity contribution >= 4 is 28.8 Å². The minimum absolute atomic E-state index is 0.173.